The van der Waals surface area contributed by atoms with E-state index in [1.807, 2.05) is 0 Å². The molecule has 1 N–H and O–H groups in total. The van der Waals surface area contributed by atoms with Crippen LogP contribution in [0.1, 0.15) is 37.8 Å². The maximum absolute atomic E-state index is 3.55. The Morgan fingerprint density at radius 1 is 1.22 bits per heavy atom. The number of hydrogen-bond donors (Lipinski definition) is 1. The van der Waals surface area contributed by atoms with E-state index in [9.17, 15) is 0 Å². The zero-order chi connectivity index (χ0) is 12.4. The normalized spacial score (nSPS) is 27.7. The molecule has 2 fully saturated rings. The van der Waals surface area contributed by atoms with Crippen molar-refractivity contribution in [3.05, 3.63) is 35.9 Å². The van der Waals surface area contributed by atoms with Crippen LogP contribution in [0.25, 0.3) is 0 Å². The zero-order valence-electron chi connectivity index (χ0n) is 11.3. The van der Waals surface area contributed by atoms with Gasteiger partial charge in [0.1, 0.15) is 0 Å². The second-order valence-corrected chi connectivity index (χ2v) is 5.80. The average Bonchev–Trinajstić information content (AvgIpc) is 2.38. The Morgan fingerprint density at radius 3 is 2.67 bits per heavy atom. The van der Waals surface area contributed by atoms with Crippen molar-refractivity contribution in [1.29, 1.82) is 0 Å². The Balaban J connectivity index is 1.77. The molecule has 0 bridgehead atoms. The Labute approximate surface area is 110 Å². The monoisotopic (exact) mass is 244 g/mol. The summed E-state index contributed by atoms with van der Waals surface area (Å²) < 4.78 is 0. The van der Waals surface area contributed by atoms with Crippen LogP contribution in [0.15, 0.2) is 30.3 Å². The Hall–Kier alpha value is -0.860. The molecule has 2 nitrogen and oxygen atoms in total. The van der Waals surface area contributed by atoms with Crippen molar-refractivity contribution >= 4 is 0 Å². The summed E-state index contributed by atoms with van der Waals surface area (Å²) in [5, 5.41) is 3.55. The van der Waals surface area contributed by atoms with Gasteiger partial charge < -0.3 is 5.32 Å². The molecule has 1 aromatic carbocycles. The molecule has 98 valence electrons. The highest BCUT2D eigenvalue weighted by Crippen LogP contribution is 2.35. The van der Waals surface area contributed by atoms with Crippen LogP contribution >= 0.6 is 0 Å². The highest BCUT2D eigenvalue weighted by Gasteiger charge is 2.33. The summed E-state index contributed by atoms with van der Waals surface area (Å²) in [6.45, 7) is 5.86. The van der Waals surface area contributed by atoms with Gasteiger partial charge in [-0.05, 0) is 31.2 Å². The van der Waals surface area contributed by atoms with Gasteiger partial charge in [-0.25, -0.2) is 0 Å². The van der Waals surface area contributed by atoms with Gasteiger partial charge in [-0.1, -0.05) is 36.8 Å². The molecule has 1 saturated heterocycles. The molecule has 1 aliphatic carbocycles. The van der Waals surface area contributed by atoms with Crippen molar-refractivity contribution in [1.82, 2.24) is 10.2 Å². The molecule has 2 heteroatoms. The van der Waals surface area contributed by atoms with Crippen LogP contribution in [-0.4, -0.2) is 30.6 Å². The standard InChI is InChI=1S/C16H24N2/c1-13(14-8-5-9-14)18-11-10-17-12-16(18)15-6-3-2-4-7-15/h2-4,6-7,13-14,16-17H,5,8-12H2,1H3. The Bertz CT molecular complexity index is 372. The summed E-state index contributed by atoms with van der Waals surface area (Å²) in [5.74, 6) is 0.939. The summed E-state index contributed by atoms with van der Waals surface area (Å²) >= 11 is 0. The highest BCUT2D eigenvalue weighted by atomic mass is 15.2. The Morgan fingerprint density at radius 2 is 2.00 bits per heavy atom. The quantitative estimate of drug-likeness (QED) is 0.879. The number of nitrogens with zero attached hydrogens (tertiary/aromatic N) is 1. The molecule has 2 atom stereocenters. The van der Waals surface area contributed by atoms with Crippen LogP contribution in [0.5, 0.6) is 0 Å². The van der Waals surface area contributed by atoms with E-state index in [1.54, 1.807) is 0 Å². The lowest BCUT2D eigenvalue weighted by Crippen LogP contribution is -2.52. The van der Waals surface area contributed by atoms with Crippen molar-refractivity contribution in [3.8, 4) is 0 Å². The number of rotatable bonds is 3. The first-order chi connectivity index (χ1) is 8.86. The maximum atomic E-state index is 3.55. The molecule has 1 aromatic rings. The fourth-order valence-electron chi connectivity index (χ4n) is 3.39. The molecule has 0 aromatic heterocycles. The third kappa shape index (κ3) is 2.32. The van der Waals surface area contributed by atoms with Crippen molar-refractivity contribution in [2.24, 2.45) is 5.92 Å². The van der Waals surface area contributed by atoms with Crippen molar-refractivity contribution in [2.45, 2.75) is 38.3 Å². The molecule has 18 heavy (non-hydrogen) atoms. The van der Waals surface area contributed by atoms with E-state index in [-0.39, 0.29) is 0 Å². The van der Waals surface area contributed by atoms with Gasteiger partial charge in [0, 0.05) is 31.7 Å². The largest absolute Gasteiger partial charge is 0.314 e. The fraction of sp³-hybridized carbons (Fsp3) is 0.625. The zero-order valence-corrected chi connectivity index (χ0v) is 11.3. The smallest absolute Gasteiger partial charge is 0.0476 e. The average molecular weight is 244 g/mol. The predicted molar refractivity (Wildman–Crippen MR) is 75.6 cm³/mol. The van der Waals surface area contributed by atoms with E-state index in [2.05, 4.69) is 47.5 Å². The van der Waals surface area contributed by atoms with E-state index in [0.717, 1.165) is 25.0 Å². The molecule has 1 saturated carbocycles. The molecule has 0 radical (unpaired) electrons. The molecule has 0 amide bonds. The van der Waals surface area contributed by atoms with Gasteiger partial charge in [0.2, 0.25) is 0 Å². The van der Waals surface area contributed by atoms with Crippen molar-refractivity contribution in [3.63, 3.8) is 0 Å². The SMILES string of the molecule is CC(C1CCC1)N1CCNCC1c1ccccc1. The van der Waals surface area contributed by atoms with Gasteiger partial charge in [-0.15, -0.1) is 0 Å². The minimum absolute atomic E-state index is 0.565. The number of nitrogens with one attached hydrogen (secondary N) is 1. The van der Waals surface area contributed by atoms with E-state index in [0.29, 0.717) is 6.04 Å². The van der Waals surface area contributed by atoms with Crippen LogP contribution in [0.3, 0.4) is 0 Å². The van der Waals surface area contributed by atoms with Crippen LogP contribution < -0.4 is 5.32 Å². The minimum Gasteiger partial charge on any atom is -0.314 e. The molecule has 1 heterocycles. The van der Waals surface area contributed by atoms with Gasteiger partial charge in [0.15, 0.2) is 0 Å². The lowest BCUT2D eigenvalue weighted by atomic mass is 9.79. The molecule has 3 rings (SSSR count). The molecule has 2 unspecified atom stereocenters. The molecule has 0 spiro atoms. The minimum atomic E-state index is 0.565. The van der Waals surface area contributed by atoms with Crippen molar-refractivity contribution < 1.29 is 0 Å². The summed E-state index contributed by atoms with van der Waals surface area (Å²) in [6, 6.07) is 12.3. The van der Waals surface area contributed by atoms with Crippen LogP contribution in [0, 0.1) is 5.92 Å². The molecular weight excluding hydrogens is 220 g/mol. The second kappa shape index (κ2) is 5.41. The van der Waals surface area contributed by atoms with Gasteiger partial charge in [-0.2, -0.15) is 0 Å². The van der Waals surface area contributed by atoms with E-state index < -0.39 is 0 Å². The first-order valence-electron chi connectivity index (χ1n) is 7.37. The second-order valence-electron chi connectivity index (χ2n) is 5.80. The number of benzene rings is 1. The summed E-state index contributed by atoms with van der Waals surface area (Å²) in [7, 11) is 0. The summed E-state index contributed by atoms with van der Waals surface area (Å²) in [5.41, 5.74) is 1.47. The highest BCUT2D eigenvalue weighted by molar-refractivity contribution is 5.20. The summed E-state index contributed by atoms with van der Waals surface area (Å²) in [6.07, 6.45) is 4.32. The van der Waals surface area contributed by atoms with Crippen LogP contribution in [0.2, 0.25) is 0 Å². The third-order valence-corrected chi connectivity index (χ3v) is 4.82. The predicted octanol–water partition coefficient (Wildman–Crippen LogP) is 2.82. The molecule has 1 aliphatic heterocycles. The van der Waals surface area contributed by atoms with Gasteiger partial charge >= 0.3 is 0 Å². The van der Waals surface area contributed by atoms with Gasteiger partial charge in [0.05, 0.1) is 0 Å². The lowest BCUT2D eigenvalue weighted by Gasteiger charge is -2.45. The third-order valence-electron chi connectivity index (χ3n) is 4.82. The fourth-order valence-corrected chi connectivity index (χ4v) is 3.39. The number of hydrogen-bond acceptors (Lipinski definition) is 2. The summed E-state index contributed by atoms with van der Waals surface area (Å²) in [4.78, 5) is 2.73. The van der Waals surface area contributed by atoms with E-state index in [1.165, 1.54) is 31.4 Å². The van der Waals surface area contributed by atoms with Crippen LogP contribution in [-0.2, 0) is 0 Å². The lowest BCUT2D eigenvalue weighted by molar-refractivity contribution is 0.0521. The van der Waals surface area contributed by atoms with Gasteiger partial charge in [-0.3, -0.25) is 4.90 Å². The van der Waals surface area contributed by atoms with Gasteiger partial charge in [0.25, 0.3) is 0 Å². The first kappa shape index (κ1) is 12.2. The van der Waals surface area contributed by atoms with Crippen molar-refractivity contribution in [2.75, 3.05) is 19.6 Å². The molecule has 2 aliphatic rings. The van der Waals surface area contributed by atoms with Crippen LogP contribution in [0.4, 0.5) is 0 Å². The first-order valence-corrected chi connectivity index (χ1v) is 7.37. The van der Waals surface area contributed by atoms with E-state index in [4.69, 9.17) is 0 Å². The Kier molecular flexibility index (Phi) is 3.67. The molecular formula is C16H24N2. The number of piperazine rings is 1. The maximum Gasteiger partial charge on any atom is 0.0476 e. The topological polar surface area (TPSA) is 15.3 Å². The van der Waals surface area contributed by atoms with E-state index >= 15 is 0 Å².